The summed E-state index contributed by atoms with van der Waals surface area (Å²) in [7, 11) is 0. The molecule has 6 heteroatoms. The van der Waals surface area contributed by atoms with E-state index in [0.29, 0.717) is 21.6 Å². The van der Waals surface area contributed by atoms with E-state index >= 15 is 0 Å². The van der Waals surface area contributed by atoms with Gasteiger partial charge in [0.15, 0.2) is 12.4 Å². The molecule has 122 valence electrons. The molecule has 2 aromatic carbocycles. The molecular formula is C18H13ClO5. The van der Waals surface area contributed by atoms with Crippen molar-refractivity contribution in [3.05, 3.63) is 63.3 Å². The van der Waals surface area contributed by atoms with Crippen LogP contribution in [0, 0.1) is 6.92 Å². The van der Waals surface area contributed by atoms with Crippen molar-refractivity contribution in [1.82, 2.24) is 0 Å². The van der Waals surface area contributed by atoms with Crippen LogP contribution in [0.3, 0.4) is 0 Å². The average Bonchev–Trinajstić information content (AvgIpc) is 2.54. The zero-order valence-corrected chi connectivity index (χ0v) is 13.5. The van der Waals surface area contributed by atoms with Gasteiger partial charge >= 0.3 is 5.97 Å². The van der Waals surface area contributed by atoms with Gasteiger partial charge in [-0.15, -0.1) is 0 Å². The summed E-state index contributed by atoms with van der Waals surface area (Å²) in [6.45, 7) is 1.23. The summed E-state index contributed by atoms with van der Waals surface area (Å²) in [5.74, 6) is -1.24. The minimum absolute atomic E-state index is 0.116. The molecule has 0 bridgehead atoms. The summed E-state index contributed by atoms with van der Waals surface area (Å²) in [5.41, 5.74) is 1.33. The van der Waals surface area contributed by atoms with E-state index in [0.717, 1.165) is 5.56 Å². The molecule has 0 aliphatic rings. The molecule has 5 nitrogen and oxygen atoms in total. The number of aliphatic carboxylic acids is 1. The molecule has 1 N–H and O–H groups in total. The fourth-order valence-electron chi connectivity index (χ4n) is 2.37. The second-order valence-corrected chi connectivity index (χ2v) is 5.66. The van der Waals surface area contributed by atoms with Gasteiger partial charge in [0.25, 0.3) is 0 Å². The van der Waals surface area contributed by atoms with E-state index in [2.05, 4.69) is 0 Å². The van der Waals surface area contributed by atoms with E-state index in [1.807, 2.05) is 6.92 Å². The molecule has 24 heavy (non-hydrogen) atoms. The molecule has 0 saturated carbocycles. The lowest BCUT2D eigenvalue weighted by Crippen LogP contribution is -2.16. The molecule has 0 radical (unpaired) electrons. The Morgan fingerprint density at radius 1 is 1.25 bits per heavy atom. The first-order valence-corrected chi connectivity index (χ1v) is 7.52. The molecule has 0 atom stereocenters. The topological polar surface area (TPSA) is 76.7 Å². The Morgan fingerprint density at radius 2 is 2.00 bits per heavy atom. The number of carboxylic acid groups (broad SMARTS) is 1. The number of halogens is 1. The molecular weight excluding hydrogens is 332 g/mol. The van der Waals surface area contributed by atoms with Gasteiger partial charge in [0.1, 0.15) is 5.58 Å². The van der Waals surface area contributed by atoms with Crippen molar-refractivity contribution in [3.8, 4) is 17.1 Å². The molecule has 3 rings (SSSR count). The first-order chi connectivity index (χ1) is 11.5. The highest BCUT2D eigenvalue weighted by Gasteiger charge is 2.20. The second-order valence-electron chi connectivity index (χ2n) is 5.25. The van der Waals surface area contributed by atoms with Gasteiger partial charge in [-0.2, -0.15) is 0 Å². The van der Waals surface area contributed by atoms with Gasteiger partial charge in [-0.05, 0) is 36.8 Å². The predicted octanol–water partition coefficient (Wildman–Crippen LogP) is 3.89. The summed E-state index contributed by atoms with van der Waals surface area (Å²) in [4.78, 5) is 23.6. The summed E-state index contributed by atoms with van der Waals surface area (Å²) in [5, 5.41) is 9.53. The molecule has 0 fully saturated rings. The third-order valence-electron chi connectivity index (χ3n) is 3.46. The van der Waals surface area contributed by atoms with Crippen molar-refractivity contribution in [2.45, 2.75) is 6.92 Å². The van der Waals surface area contributed by atoms with Crippen LogP contribution in [-0.4, -0.2) is 17.7 Å². The standard InChI is InChI=1S/C18H13ClO5/c1-10-6-7-12-14(8-10)24-17(11-4-2-3-5-13(11)19)18(16(12)22)23-9-15(20)21/h2-8H,9H2,1H3,(H,20,21). The molecule has 0 aliphatic heterocycles. The van der Waals surface area contributed by atoms with Gasteiger partial charge < -0.3 is 14.3 Å². The minimum atomic E-state index is -1.19. The molecule has 1 heterocycles. The van der Waals surface area contributed by atoms with Crippen molar-refractivity contribution >= 4 is 28.5 Å². The Morgan fingerprint density at radius 3 is 2.71 bits per heavy atom. The Hall–Kier alpha value is -2.79. The Balaban J connectivity index is 2.32. The van der Waals surface area contributed by atoms with Crippen LogP contribution in [0.1, 0.15) is 5.56 Å². The third kappa shape index (κ3) is 2.98. The maximum atomic E-state index is 12.7. The number of ether oxygens (including phenoxy) is 1. The van der Waals surface area contributed by atoms with Gasteiger partial charge in [-0.1, -0.05) is 29.8 Å². The van der Waals surface area contributed by atoms with Crippen LogP contribution in [0.25, 0.3) is 22.3 Å². The number of aryl methyl sites for hydroxylation is 1. The Labute approximate surface area is 142 Å². The normalized spacial score (nSPS) is 10.8. The van der Waals surface area contributed by atoms with Gasteiger partial charge in [0, 0.05) is 5.56 Å². The first kappa shape index (κ1) is 16.1. The van der Waals surface area contributed by atoms with Gasteiger partial charge in [0.05, 0.1) is 10.4 Å². The van der Waals surface area contributed by atoms with Crippen LogP contribution < -0.4 is 10.2 Å². The highest BCUT2D eigenvalue weighted by molar-refractivity contribution is 6.33. The summed E-state index contributed by atoms with van der Waals surface area (Å²) in [6.07, 6.45) is 0. The van der Waals surface area contributed by atoms with E-state index < -0.39 is 18.0 Å². The lowest BCUT2D eigenvalue weighted by atomic mass is 10.1. The number of carbonyl (C=O) groups is 1. The summed E-state index contributed by atoms with van der Waals surface area (Å²) < 4.78 is 11.1. The van der Waals surface area contributed by atoms with Crippen molar-refractivity contribution < 1.29 is 19.1 Å². The minimum Gasteiger partial charge on any atom is -0.479 e. The highest BCUT2D eigenvalue weighted by Crippen LogP contribution is 2.35. The van der Waals surface area contributed by atoms with E-state index in [-0.39, 0.29) is 11.5 Å². The Bertz CT molecular complexity index is 990. The van der Waals surface area contributed by atoms with E-state index in [9.17, 15) is 9.59 Å². The number of hydrogen-bond acceptors (Lipinski definition) is 4. The van der Waals surface area contributed by atoms with E-state index in [1.54, 1.807) is 42.5 Å². The van der Waals surface area contributed by atoms with Crippen molar-refractivity contribution in [1.29, 1.82) is 0 Å². The third-order valence-corrected chi connectivity index (χ3v) is 3.79. The molecule has 0 aliphatic carbocycles. The zero-order chi connectivity index (χ0) is 17.3. The Kier molecular flexibility index (Phi) is 4.27. The van der Waals surface area contributed by atoms with Crippen molar-refractivity contribution in [3.63, 3.8) is 0 Å². The molecule has 1 aromatic heterocycles. The number of hydrogen-bond donors (Lipinski definition) is 1. The number of carboxylic acids is 1. The fourth-order valence-corrected chi connectivity index (χ4v) is 2.59. The smallest absolute Gasteiger partial charge is 0.341 e. The number of rotatable bonds is 4. The summed E-state index contributed by atoms with van der Waals surface area (Å²) >= 11 is 6.19. The maximum Gasteiger partial charge on any atom is 0.341 e. The molecule has 0 spiro atoms. The van der Waals surface area contributed by atoms with Crippen LogP contribution in [0.2, 0.25) is 5.02 Å². The van der Waals surface area contributed by atoms with E-state index in [4.69, 9.17) is 25.9 Å². The molecule has 0 amide bonds. The van der Waals surface area contributed by atoms with Gasteiger partial charge in [0.2, 0.25) is 11.2 Å². The molecule has 0 unspecified atom stereocenters. The largest absolute Gasteiger partial charge is 0.479 e. The second kappa shape index (κ2) is 6.37. The molecule has 3 aromatic rings. The maximum absolute atomic E-state index is 12.7. The van der Waals surface area contributed by atoms with Gasteiger partial charge in [-0.25, -0.2) is 4.79 Å². The number of benzene rings is 2. The van der Waals surface area contributed by atoms with Crippen LogP contribution >= 0.6 is 11.6 Å². The number of fused-ring (bicyclic) bond motifs is 1. The average molecular weight is 345 g/mol. The molecule has 0 saturated heterocycles. The predicted molar refractivity (Wildman–Crippen MR) is 90.8 cm³/mol. The van der Waals surface area contributed by atoms with Crippen LogP contribution in [-0.2, 0) is 4.79 Å². The quantitative estimate of drug-likeness (QED) is 0.777. The fraction of sp³-hybridized carbons (Fsp3) is 0.111. The first-order valence-electron chi connectivity index (χ1n) is 7.14. The monoisotopic (exact) mass is 344 g/mol. The van der Waals surface area contributed by atoms with Crippen molar-refractivity contribution in [2.24, 2.45) is 0 Å². The lowest BCUT2D eigenvalue weighted by molar-refractivity contribution is -0.139. The summed E-state index contributed by atoms with van der Waals surface area (Å²) in [6, 6.07) is 11.9. The van der Waals surface area contributed by atoms with Gasteiger partial charge in [-0.3, -0.25) is 4.79 Å². The van der Waals surface area contributed by atoms with E-state index in [1.165, 1.54) is 0 Å². The van der Waals surface area contributed by atoms with Crippen LogP contribution in [0.5, 0.6) is 5.75 Å². The van der Waals surface area contributed by atoms with Crippen LogP contribution in [0.4, 0.5) is 0 Å². The van der Waals surface area contributed by atoms with Crippen LogP contribution in [0.15, 0.2) is 51.7 Å². The SMILES string of the molecule is Cc1ccc2c(=O)c(OCC(=O)O)c(-c3ccccc3Cl)oc2c1. The highest BCUT2D eigenvalue weighted by atomic mass is 35.5. The zero-order valence-electron chi connectivity index (χ0n) is 12.7. The van der Waals surface area contributed by atoms with Crippen molar-refractivity contribution in [2.75, 3.05) is 6.61 Å². The lowest BCUT2D eigenvalue weighted by Gasteiger charge is -2.11.